The third-order valence-electron chi connectivity index (χ3n) is 4.95. The van der Waals surface area contributed by atoms with Crippen molar-refractivity contribution in [1.82, 2.24) is 4.31 Å². The van der Waals surface area contributed by atoms with E-state index in [1.807, 2.05) is 0 Å². The maximum absolute atomic E-state index is 12.9. The number of amides is 2. The molecule has 1 saturated heterocycles. The van der Waals surface area contributed by atoms with Crippen molar-refractivity contribution in [2.45, 2.75) is 25.5 Å². The number of carbonyl (C=O) groups is 2. The Kier molecular flexibility index (Phi) is 7.59. The molecule has 2 aromatic rings. The van der Waals surface area contributed by atoms with Crippen molar-refractivity contribution in [3.63, 3.8) is 0 Å². The average Bonchev–Trinajstić information content (AvgIpc) is 2.70. The molecule has 1 heterocycles. The molecule has 31 heavy (non-hydrogen) atoms. The van der Waals surface area contributed by atoms with E-state index in [-0.39, 0.29) is 24.1 Å². The van der Waals surface area contributed by atoms with Crippen LogP contribution < -0.4 is 10.6 Å². The van der Waals surface area contributed by atoms with Crippen LogP contribution in [-0.4, -0.2) is 37.6 Å². The summed E-state index contributed by atoms with van der Waals surface area (Å²) in [7, 11) is -3.65. The molecule has 7 nitrogen and oxygen atoms in total. The monoisotopic (exact) mass is 483 g/mol. The number of benzene rings is 2. The molecule has 2 amide bonds. The van der Waals surface area contributed by atoms with Gasteiger partial charge in [0.1, 0.15) is 0 Å². The largest absolute Gasteiger partial charge is 0.326 e. The molecule has 2 N–H and O–H groups in total. The number of rotatable bonds is 6. The SMILES string of the molecule is CC(=O)Nc1cccc(NC(=O)C2CCCN(S(=O)(=O)Cc3ccc(Cl)cc3Cl)C2)c1. The predicted molar refractivity (Wildman–Crippen MR) is 123 cm³/mol. The summed E-state index contributed by atoms with van der Waals surface area (Å²) in [4.78, 5) is 24.0. The molecular weight excluding hydrogens is 461 g/mol. The van der Waals surface area contributed by atoms with Crippen LogP contribution in [0.1, 0.15) is 25.3 Å². The second-order valence-corrected chi connectivity index (χ2v) is 10.3. The topological polar surface area (TPSA) is 95.6 Å². The fourth-order valence-electron chi connectivity index (χ4n) is 3.46. The Labute approximate surface area is 191 Å². The van der Waals surface area contributed by atoms with Crippen LogP contribution >= 0.6 is 23.2 Å². The van der Waals surface area contributed by atoms with Gasteiger partial charge >= 0.3 is 0 Å². The third kappa shape index (κ3) is 6.43. The Morgan fingerprint density at radius 1 is 1.10 bits per heavy atom. The molecule has 1 unspecified atom stereocenters. The number of hydrogen-bond donors (Lipinski definition) is 2. The summed E-state index contributed by atoms with van der Waals surface area (Å²) in [6.07, 6.45) is 1.17. The van der Waals surface area contributed by atoms with Crippen LogP contribution in [0.25, 0.3) is 0 Å². The van der Waals surface area contributed by atoms with Gasteiger partial charge in [0.25, 0.3) is 0 Å². The molecular formula is C21H23Cl2N3O4S. The highest BCUT2D eigenvalue weighted by Crippen LogP contribution is 2.27. The summed E-state index contributed by atoms with van der Waals surface area (Å²) < 4.78 is 27.2. The van der Waals surface area contributed by atoms with E-state index in [0.717, 1.165) is 0 Å². The van der Waals surface area contributed by atoms with Gasteiger partial charge in [-0.1, -0.05) is 35.3 Å². The summed E-state index contributed by atoms with van der Waals surface area (Å²) in [5.74, 6) is -1.20. The van der Waals surface area contributed by atoms with E-state index in [2.05, 4.69) is 10.6 Å². The first kappa shape index (κ1) is 23.5. The van der Waals surface area contributed by atoms with E-state index in [1.54, 1.807) is 36.4 Å². The first-order valence-electron chi connectivity index (χ1n) is 9.74. The van der Waals surface area contributed by atoms with Gasteiger partial charge in [-0.15, -0.1) is 0 Å². The molecule has 0 radical (unpaired) electrons. The third-order valence-corrected chi connectivity index (χ3v) is 7.33. The summed E-state index contributed by atoms with van der Waals surface area (Å²) >= 11 is 12.0. The minimum Gasteiger partial charge on any atom is -0.326 e. The highest BCUT2D eigenvalue weighted by atomic mass is 35.5. The van der Waals surface area contributed by atoms with Crippen LogP contribution in [0.4, 0.5) is 11.4 Å². The van der Waals surface area contributed by atoms with Gasteiger partial charge in [0.15, 0.2) is 0 Å². The molecule has 1 aliphatic heterocycles. The molecule has 166 valence electrons. The zero-order chi connectivity index (χ0) is 22.6. The summed E-state index contributed by atoms with van der Waals surface area (Å²) in [5, 5.41) is 6.20. The smallest absolute Gasteiger partial charge is 0.228 e. The van der Waals surface area contributed by atoms with E-state index in [4.69, 9.17) is 23.2 Å². The molecule has 0 bridgehead atoms. The Morgan fingerprint density at radius 2 is 1.81 bits per heavy atom. The average molecular weight is 484 g/mol. The Balaban J connectivity index is 1.66. The summed E-state index contributed by atoms with van der Waals surface area (Å²) in [5.41, 5.74) is 1.56. The summed E-state index contributed by atoms with van der Waals surface area (Å²) in [6.45, 7) is 1.86. The molecule has 1 fully saturated rings. The maximum atomic E-state index is 12.9. The molecule has 0 spiro atoms. The molecule has 3 rings (SSSR count). The predicted octanol–water partition coefficient (Wildman–Crippen LogP) is 4.13. The van der Waals surface area contributed by atoms with E-state index in [1.165, 1.54) is 17.3 Å². The van der Waals surface area contributed by atoms with Gasteiger partial charge in [-0.2, -0.15) is 0 Å². The first-order valence-corrected chi connectivity index (χ1v) is 12.1. The highest BCUT2D eigenvalue weighted by Gasteiger charge is 2.32. The van der Waals surface area contributed by atoms with Crippen molar-refractivity contribution in [2.24, 2.45) is 5.92 Å². The van der Waals surface area contributed by atoms with Gasteiger partial charge in [-0.05, 0) is 48.7 Å². The van der Waals surface area contributed by atoms with Gasteiger partial charge in [0.2, 0.25) is 21.8 Å². The molecule has 10 heteroatoms. The number of sulfonamides is 1. The second-order valence-electron chi connectivity index (χ2n) is 7.44. The van der Waals surface area contributed by atoms with Gasteiger partial charge in [-0.3, -0.25) is 9.59 Å². The van der Waals surface area contributed by atoms with Crippen molar-refractivity contribution >= 4 is 56.4 Å². The number of carbonyl (C=O) groups excluding carboxylic acids is 2. The van der Waals surface area contributed by atoms with Gasteiger partial charge in [0, 0.05) is 41.4 Å². The maximum Gasteiger partial charge on any atom is 0.228 e. The Morgan fingerprint density at radius 3 is 2.48 bits per heavy atom. The van der Waals surface area contributed by atoms with Crippen molar-refractivity contribution in [3.05, 3.63) is 58.1 Å². The zero-order valence-corrected chi connectivity index (χ0v) is 19.2. The van der Waals surface area contributed by atoms with Crippen LogP contribution in [0.3, 0.4) is 0 Å². The standard InChI is InChI=1S/C21H23Cl2N3O4S/c1-14(27)24-18-5-2-6-19(11-18)25-21(28)15-4-3-9-26(12-15)31(29,30)13-16-7-8-17(22)10-20(16)23/h2,5-8,10-11,15H,3-4,9,12-13H2,1H3,(H,24,27)(H,25,28). The van der Waals surface area contributed by atoms with E-state index in [0.29, 0.717) is 46.4 Å². The number of nitrogens with one attached hydrogen (secondary N) is 2. The number of nitrogens with zero attached hydrogens (tertiary/aromatic N) is 1. The first-order chi connectivity index (χ1) is 14.6. The van der Waals surface area contributed by atoms with Gasteiger partial charge in [0.05, 0.1) is 11.7 Å². The fraction of sp³-hybridized carbons (Fsp3) is 0.333. The lowest BCUT2D eigenvalue weighted by atomic mass is 9.98. The second kappa shape index (κ2) is 9.99. The lowest BCUT2D eigenvalue weighted by Crippen LogP contribution is -2.44. The number of hydrogen-bond acceptors (Lipinski definition) is 4. The quantitative estimate of drug-likeness (QED) is 0.645. The van der Waals surface area contributed by atoms with E-state index in [9.17, 15) is 18.0 Å². The van der Waals surface area contributed by atoms with Gasteiger partial charge in [-0.25, -0.2) is 12.7 Å². The number of anilines is 2. The lowest BCUT2D eigenvalue weighted by molar-refractivity contribution is -0.121. The molecule has 1 atom stereocenters. The minimum atomic E-state index is -3.65. The molecule has 0 aromatic heterocycles. The van der Waals surface area contributed by atoms with Crippen LogP contribution in [0.2, 0.25) is 10.0 Å². The molecule has 0 saturated carbocycles. The molecule has 0 aliphatic carbocycles. The van der Waals surface area contributed by atoms with Gasteiger partial charge < -0.3 is 10.6 Å². The van der Waals surface area contributed by atoms with Crippen molar-refractivity contribution in [2.75, 3.05) is 23.7 Å². The van der Waals surface area contributed by atoms with Crippen LogP contribution in [0.5, 0.6) is 0 Å². The Hall–Kier alpha value is -2.13. The normalized spacial score (nSPS) is 17.2. The highest BCUT2D eigenvalue weighted by molar-refractivity contribution is 7.88. The lowest BCUT2D eigenvalue weighted by Gasteiger charge is -2.31. The van der Waals surface area contributed by atoms with E-state index < -0.39 is 15.9 Å². The molecule has 1 aliphatic rings. The van der Waals surface area contributed by atoms with E-state index >= 15 is 0 Å². The Bertz CT molecular complexity index is 1090. The number of piperidine rings is 1. The van der Waals surface area contributed by atoms with Crippen molar-refractivity contribution < 1.29 is 18.0 Å². The van der Waals surface area contributed by atoms with Crippen molar-refractivity contribution in [3.8, 4) is 0 Å². The zero-order valence-electron chi connectivity index (χ0n) is 16.9. The molecule has 2 aromatic carbocycles. The number of halogens is 2. The van der Waals surface area contributed by atoms with Crippen LogP contribution in [0.15, 0.2) is 42.5 Å². The summed E-state index contributed by atoms with van der Waals surface area (Å²) in [6, 6.07) is 11.5. The fourth-order valence-corrected chi connectivity index (χ4v) is 5.65. The van der Waals surface area contributed by atoms with Crippen LogP contribution in [0, 0.1) is 5.92 Å². The van der Waals surface area contributed by atoms with Crippen LogP contribution in [-0.2, 0) is 25.4 Å². The minimum absolute atomic E-state index is 0.102. The van der Waals surface area contributed by atoms with Crippen molar-refractivity contribution in [1.29, 1.82) is 0 Å².